The summed E-state index contributed by atoms with van der Waals surface area (Å²) in [6, 6.07) is 8.14. The summed E-state index contributed by atoms with van der Waals surface area (Å²) in [5, 5.41) is 3.35. The van der Waals surface area contributed by atoms with E-state index in [-0.39, 0.29) is 18.2 Å². The number of piperazine rings is 1. The summed E-state index contributed by atoms with van der Waals surface area (Å²) in [7, 11) is 2.13. The molecule has 1 aromatic rings. The van der Waals surface area contributed by atoms with E-state index in [0.29, 0.717) is 42.1 Å². The maximum atomic E-state index is 13.0. The van der Waals surface area contributed by atoms with Gasteiger partial charge >= 0.3 is 6.36 Å². The number of hydrogen-bond donors (Lipinski definition) is 1. The van der Waals surface area contributed by atoms with Crippen LogP contribution in [-0.2, 0) is 9.53 Å². The van der Waals surface area contributed by atoms with Gasteiger partial charge in [-0.15, -0.1) is 13.2 Å². The summed E-state index contributed by atoms with van der Waals surface area (Å²) in [4.78, 5) is 23.9. The Balaban J connectivity index is 1.57. The number of likely N-dealkylation sites (N-methyl/N-ethyl adjacent to an activating group) is 1. The average molecular weight is 556 g/mol. The van der Waals surface area contributed by atoms with Crippen LogP contribution in [0.5, 0.6) is 0 Å². The van der Waals surface area contributed by atoms with Gasteiger partial charge in [0, 0.05) is 54.8 Å². The number of ether oxygens (including phenoxy) is 1. The van der Waals surface area contributed by atoms with Gasteiger partial charge in [0.05, 0.1) is 6.54 Å². The summed E-state index contributed by atoms with van der Waals surface area (Å²) in [5.74, 6) is 0.256. The quantitative estimate of drug-likeness (QED) is 0.427. The van der Waals surface area contributed by atoms with Gasteiger partial charge in [0.15, 0.2) is 0 Å². The average Bonchev–Trinajstić information content (AvgIpc) is 2.92. The lowest BCUT2D eigenvalue weighted by Gasteiger charge is -2.34. The van der Waals surface area contributed by atoms with E-state index in [2.05, 4.69) is 39.0 Å². The number of allylic oxidation sites excluding steroid dienone is 4. The molecule has 7 nitrogen and oxygen atoms in total. The van der Waals surface area contributed by atoms with Crippen LogP contribution in [0.15, 0.2) is 88.4 Å². The van der Waals surface area contributed by atoms with E-state index in [4.69, 9.17) is 4.99 Å². The van der Waals surface area contributed by atoms with Crippen LogP contribution in [0.25, 0.3) is 0 Å². The van der Waals surface area contributed by atoms with Crippen LogP contribution < -0.4 is 10.2 Å². The highest BCUT2D eigenvalue weighted by Crippen LogP contribution is 2.30. The van der Waals surface area contributed by atoms with Crippen molar-refractivity contribution in [1.82, 2.24) is 9.80 Å². The molecule has 0 unspecified atom stereocenters. The zero-order chi connectivity index (χ0) is 28.7. The van der Waals surface area contributed by atoms with Gasteiger partial charge < -0.3 is 19.9 Å². The van der Waals surface area contributed by atoms with Crippen molar-refractivity contribution in [2.24, 2.45) is 4.99 Å². The van der Waals surface area contributed by atoms with Crippen molar-refractivity contribution in [3.05, 3.63) is 83.4 Å². The largest absolute Gasteiger partial charge is 0.573 e. The number of amides is 1. The van der Waals surface area contributed by atoms with Gasteiger partial charge in [0.1, 0.15) is 17.4 Å². The first-order valence-electron chi connectivity index (χ1n) is 13.6. The Morgan fingerprint density at radius 3 is 2.42 bits per heavy atom. The van der Waals surface area contributed by atoms with E-state index in [1.54, 1.807) is 12.2 Å². The Kier molecular flexibility index (Phi) is 9.52. The highest BCUT2D eigenvalue weighted by atomic mass is 19.4. The predicted octanol–water partition coefficient (Wildman–Crippen LogP) is 5.99. The van der Waals surface area contributed by atoms with E-state index in [1.807, 2.05) is 38.1 Å². The van der Waals surface area contributed by atoms with Crippen molar-refractivity contribution in [2.45, 2.75) is 39.5 Å². The lowest BCUT2D eigenvalue weighted by Crippen LogP contribution is -2.44. The van der Waals surface area contributed by atoms with Gasteiger partial charge in [-0.25, -0.2) is 4.99 Å². The van der Waals surface area contributed by atoms with Crippen LogP contribution in [0.4, 0.5) is 24.5 Å². The minimum absolute atomic E-state index is 0.0968. The van der Waals surface area contributed by atoms with Crippen molar-refractivity contribution in [3.8, 4) is 0 Å². The zero-order valence-corrected chi connectivity index (χ0v) is 23.2. The van der Waals surface area contributed by atoms with Gasteiger partial charge in [-0.2, -0.15) is 0 Å². The minimum Gasteiger partial charge on any atom is -0.406 e. The summed E-state index contributed by atoms with van der Waals surface area (Å²) in [6.07, 6.45) is 6.76. The lowest BCUT2D eigenvalue weighted by atomic mass is 10.0. The standard InChI is InChI=1S/C30H36F3N5O2/c1-4-8-27(34-24-12-14-25(15-13-24)37-19-17-36(3)18-20-37)35-29-22(5-2)11-16-28(39)38(29)21-23-9-6-7-10-26(23)40-30(31,32)33/h5,8-16,34H,4,6-7,17-21H2,1-3H3/b22-5-,27-8+,35-29+. The third-order valence-electron chi connectivity index (χ3n) is 6.89. The van der Waals surface area contributed by atoms with Gasteiger partial charge in [0.25, 0.3) is 5.91 Å². The molecule has 2 heterocycles. The molecular formula is C30H36F3N5O2. The minimum atomic E-state index is -4.82. The Hall–Kier alpha value is -3.79. The van der Waals surface area contributed by atoms with E-state index in [0.717, 1.165) is 37.6 Å². The van der Waals surface area contributed by atoms with Gasteiger partial charge in [-0.3, -0.25) is 9.69 Å². The molecule has 0 spiro atoms. The second-order valence-electron chi connectivity index (χ2n) is 9.82. The molecule has 10 heteroatoms. The molecule has 1 amide bonds. The molecule has 214 valence electrons. The molecule has 1 fully saturated rings. The number of hydrogen-bond acceptors (Lipinski definition) is 6. The van der Waals surface area contributed by atoms with Crippen LogP contribution in [0, 0.1) is 0 Å². The van der Waals surface area contributed by atoms with E-state index >= 15 is 0 Å². The molecular weight excluding hydrogens is 519 g/mol. The topological polar surface area (TPSA) is 60.4 Å². The lowest BCUT2D eigenvalue weighted by molar-refractivity contribution is -0.304. The molecule has 1 aromatic carbocycles. The molecule has 0 atom stereocenters. The van der Waals surface area contributed by atoms with Gasteiger partial charge in [0.2, 0.25) is 0 Å². The van der Waals surface area contributed by atoms with Crippen LogP contribution in [-0.4, -0.2) is 67.7 Å². The second kappa shape index (κ2) is 13.0. The molecule has 0 aromatic heterocycles. The summed E-state index contributed by atoms with van der Waals surface area (Å²) in [5.41, 5.74) is 2.98. The Bertz CT molecular complexity index is 1250. The van der Waals surface area contributed by atoms with Gasteiger partial charge in [-0.05, 0) is 75.7 Å². The first-order chi connectivity index (χ1) is 19.2. The van der Waals surface area contributed by atoms with Crippen molar-refractivity contribution >= 4 is 23.1 Å². The van der Waals surface area contributed by atoms with Crippen LogP contribution in [0.3, 0.4) is 0 Å². The highest BCUT2D eigenvalue weighted by Gasteiger charge is 2.35. The van der Waals surface area contributed by atoms with Crippen LogP contribution >= 0.6 is 0 Å². The number of rotatable bonds is 8. The van der Waals surface area contributed by atoms with E-state index in [1.165, 1.54) is 17.1 Å². The zero-order valence-electron chi connectivity index (χ0n) is 23.2. The molecule has 0 saturated carbocycles. The Morgan fingerprint density at radius 2 is 1.77 bits per heavy atom. The van der Waals surface area contributed by atoms with Crippen LogP contribution in [0.1, 0.15) is 33.1 Å². The number of nitrogens with zero attached hydrogens (tertiary/aromatic N) is 4. The number of carbonyl (C=O) groups excluding carboxylic acids is 1. The maximum absolute atomic E-state index is 13.0. The van der Waals surface area contributed by atoms with Crippen molar-refractivity contribution in [2.75, 3.05) is 50.0 Å². The number of aliphatic imine (C=N–C) groups is 1. The summed E-state index contributed by atoms with van der Waals surface area (Å²) >= 11 is 0. The SMILES string of the molecule is C/C=C1/C=CC(=O)N(CC2=CCCC=C2OC(F)(F)F)/C1=N/C(=C/CC)Nc1ccc(N2CCN(C)CC2)cc1. The number of carbonyl (C=O) groups is 1. The molecule has 4 rings (SSSR count). The van der Waals surface area contributed by atoms with Gasteiger partial charge in [-0.1, -0.05) is 19.1 Å². The third kappa shape index (κ3) is 7.65. The summed E-state index contributed by atoms with van der Waals surface area (Å²) < 4.78 is 43.4. The maximum Gasteiger partial charge on any atom is 0.573 e. The molecule has 0 radical (unpaired) electrons. The Morgan fingerprint density at radius 1 is 1.07 bits per heavy atom. The molecule has 1 aliphatic carbocycles. The fourth-order valence-corrected chi connectivity index (χ4v) is 4.74. The normalized spacial score (nSPS) is 21.1. The number of benzene rings is 1. The first-order valence-corrected chi connectivity index (χ1v) is 13.6. The van der Waals surface area contributed by atoms with Crippen LogP contribution in [0.2, 0.25) is 0 Å². The molecule has 1 saturated heterocycles. The molecule has 2 aliphatic heterocycles. The fourth-order valence-electron chi connectivity index (χ4n) is 4.74. The van der Waals surface area contributed by atoms with Crippen molar-refractivity contribution < 1.29 is 22.7 Å². The first kappa shape index (κ1) is 29.2. The van der Waals surface area contributed by atoms with E-state index < -0.39 is 6.36 Å². The van der Waals surface area contributed by atoms with E-state index in [9.17, 15) is 18.0 Å². The molecule has 1 N–H and O–H groups in total. The number of nitrogens with one attached hydrogen (secondary N) is 1. The monoisotopic (exact) mass is 555 g/mol. The molecule has 0 bridgehead atoms. The highest BCUT2D eigenvalue weighted by molar-refractivity contribution is 6.15. The number of alkyl halides is 3. The molecule has 3 aliphatic rings. The number of halogens is 3. The third-order valence-corrected chi connectivity index (χ3v) is 6.89. The Labute approximate surface area is 233 Å². The fraction of sp³-hybridized carbons (Fsp3) is 0.400. The van der Waals surface area contributed by atoms with Crippen molar-refractivity contribution in [3.63, 3.8) is 0 Å². The molecule has 40 heavy (non-hydrogen) atoms. The smallest absolute Gasteiger partial charge is 0.406 e. The summed E-state index contributed by atoms with van der Waals surface area (Å²) in [6.45, 7) is 7.71. The second-order valence-corrected chi connectivity index (χ2v) is 9.82. The predicted molar refractivity (Wildman–Crippen MR) is 153 cm³/mol. The number of anilines is 2. The number of amidine groups is 1. The van der Waals surface area contributed by atoms with Crippen molar-refractivity contribution in [1.29, 1.82) is 0 Å².